The first-order valence-corrected chi connectivity index (χ1v) is 12.2. The zero-order chi connectivity index (χ0) is 23.3. The molecule has 178 valence electrons. The third-order valence-electron chi connectivity index (χ3n) is 6.98. The highest BCUT2D eigenvalue weighted by molar-refractivity contribution is 5.79. The molecule has 34 heavy (non-hydrogen) atoms. The normalized spacial score (nSPS) is 17.3. The fraction of sp³-hybridized carbons (Fsp3) is 0.444. The Morgan fingerprint density at radius 2 is 1.79 bits per heavy atom. The zero-order valence-electron chi connectivity index (χ0n) is 19.8. The molecule has 1 saturated heterocycles. The summed E-state index contributed by atoms with van der Waals surface area (Å²) >= 11 is 0. The second-order valence-electron chi connectivity index (χ2n) is 9.32. The standard InChI is InChI=1S/C27H32N4O3/c1-33-24-8-4-5-21(17-24)18-25(32)31-15-13-30(14-16-31)19-20-9-11-22(12-10-20)26-28-27(34-29-26)23-6-2-3-7-23/h4-5,8-12,17,23H,2-3,6-7,13-16,18-19H2,1H3. The van der Waals surface area contributed by atoms with E-state index in [-0.39, 0.29) is 5.91 Å². The highest BCUT2D eigenvalue weighted by Gasteiger charge is 2.24. The number of nitrogens with zero attached hydrogens (tertiary/aromatic N) is 4. The first-order chi connectivity index (χ1) is 16.7. The summed E-state index contributed by atoms with van der Waals surface area (Å²) in [5.41, 5.74) is 3.23. The minimum absolute atomic E-state index is 0.175. The summed E-state index contributed by atoms with van der Waals surface area (Å²) in [6.45, 7) is 4.14. The first-order valence-electron chi connectivity index (χ1n) is 12.2. The Hall–Kier alpha value is -3.19. The van der Waals surface area contributed by atoms with E-state index in [1.165, 1.54) is 18.4 Å². The molecule has 2 heterocycles. The van der Waals surface area contributed by atoms with Crippen LogP contribution in [0.2, 0.25) is 0 Å². The number of ether oxygens (including phenoxy) is 1. The number of benzene rings is 2. The van der Waals surface area contributed by atoms with Crippen molar-refractivity contribution in [1.82, 2.24) is 19.9 Å². The maximum absolute atomic E-state index is 12.7. The molecule has 0 radical (unpaired) electrons. The Balaban J connectivity index is 1.11. The lowest BCUT2D eigenvalue weighted by Crippen LogP contribution is -2.48. The largest absolute Gasteiger partial charge is 0.497 e. The van der Waals surface area contributed by atoms with E-state index in [1.54, 1.807) is 7.11 Å². The van der Waals surface area contributed by atoms with Crippen molar-refractivity contribution in [2.75, 3.05) is 33.3 Å². The van der Waals surface area contributed by atoms with E-state index < -0.39 is 0 Å². The molecule has 0 unspecified atom stereocenters. The van der Waals surface area contributed by atoms with Gasteiger partial charge < -0.3 is 14.2 Å². The molecule has 0 spiro atoms. The summed E-state index contributed by atoms with van der Waals surface area (Å²) in [5.74, 6) is 2.86. The number of hydrogen-bond donors (Lipinski definition) is 0. The predicted octanol–water partition coefficient (Wildman–Crippen LogP) is 4.29. The molecule has 2 aromatic carbocycles. The Morgan fingerprint density at radius 3 is 2.53 bits per heavy atom. The van der Waals surface area contributed by atoms with Crippen molar-refractivity contribution < 1.29 is 14.1 Å². The van der Waals surface area contributed by atoms with Gasteiger partial charge in [-0.2, -0.15) is 4.98 Å². The van der Waals surface area contributed by atoms with Crippen molar-refractivity contribution in [3.63, 3.8) is 0 Å². The number of carbonyl (C=O) groups is 1. The molecule has 1 saturated carbocycles. The van der Waals surface area contributed by atoms with E-state index in [0.717, 1.165) is 68.3 Å². The second kappa shape index (κ2) is 10.4. The van der Waals surface area contributed by atoms with Crippen LogP contribution >= 0.6 is 0 Å². The molecule has 7 nitrogen and oxygen atoms in total. The Kier molecular flexibility index (Phi) is 6.90. The molecule has 0 bridgehead atoms. The van der Waals surface area contributed by atoms with E-state index >= 15 is 0 Å². The average Bonchev–Trinajstić information content (AvgIpc) is 3.58. The summed E-state index contributed by atoms with van der Waals surface area (Å²) in [5, 5.41) is 4.20. The Labute approximate surface area is 200 Å². The molecule has 2 fully saturated rings. The van der Waals surface area contributed by atoms with Crippen molar-refractivity contribution in [3.8, 4) is 17.1 Å². The van der Waals surface area contributed by atoms with Crippen LogP contribution in [0, 0.1) is 0 Å². The van der Waals surface area contributed by atoms with Crippen LogP contribution in [-0.4, -0.2) is 59.1 Å². The third kappa shape index (κ3) is 5.30. The number of hydrogen-bond acceptors (Lipinski definition) is 6. The van der Waals surface area contributed by atoms with Gasteiger partial charge in [0.25, 0.3) is 0 Å². The van der Waals surface area contributed by atoms with Crippen LogP contribution < -0.4 is 4.74 Å². The molecular formula is C27H32N4O3. The van der Waals surface area contributed by atoms with Crippen molar-refractivity contribution in [1.29, 1.82) is 0 Å². The summed E-state index contributed by atoms with van der Waals surface area (Å²) in [4.78, 5) is 21.7. The number of aromatic nitrogens is 2. The lowest BCUT2D eigenvalue weighted by molar-refractivity contribution is -0.132. The Morgan fingerprint density at radius 1 is 1.03 bits per heavy atom. The van der Waals surface area contributed by atoms with Crippen molar-refractivity contribution in [2.24, 2.45) is 0 Å². The number of methoxy groups -OCH3 is 1. The van der Waals surface area contributed by atoms with Gasteiger partial charge in [0, 0.05) is 44.2 Å². The molecule has 7 heteroatoms. The fourth-order valence-electron chi connectivity index (χ4n) is 4.93. The minimum Gasteiger partial charge on any atom is -0.497 e. The predicted molar refractivity (Wildman–Crippen MR) is 129 cm³/mol. The van der Waals surface area contributed by atoms with Crippen LogP contribution in [-0.2, 0) is 17.8 Å². The van der Waals surface area contributed by atoms with Crippen LogP contribution in [0.4, 0.5) is 0 Å². The van der Waals surface area contributed by atoms with Crippen LogP contribution in [0.3, 0.4) is 0 Å². The molecule has 5 rings (SSSR count). The van der Waals surface area contributed by atoms with Gasteiger partial charge in [0.2, 0.25) is 17.6 Å². The summed E-state index contributed by atoms with van der Waals surface area (Å²) in [6, 6.07) is 16.2. The third-order valence-corrected chi connectivity index (χ3v) is 6.98. The lowest BCUT2D eigenvalue weighted by atomic mass is 10.1. The Bertz CT molecular complexity index is 1100. The highest BCUT2D eigenvalue weighted by atomic mass is 16.5. The van der Waals surface area contributed by atoms with E-state index in [4.69, 9.17) is 9.26 Å². The van der Waals surface area contributed by atoms with E-state index in [1.807, 2.05) is 29.2 Å². The maximum atomic E-state index is 12.7. The number of carbonyl (C=O) groups excluding carboxylic acids is 1. The van der Waals surface area contributed by atoms with Crippen molar-refractivity contribution in [2.45, 2.75) is 44.6 Å². The van der Waals surface area contributed by atoms with Gasteiger partial charge in [-0.3, -0.25) is 9.69 Å². The molecule has 2 aliphatic rings. The molecule has 1 aromatic heterocycles. The van der Waals surface area contributed by atoms with Crippen LogP contribution in [0.1, 0.15) is 48.6 Å². The van der Waals surface area contributed by atoms with Gasteiger partial charge in [-0.25, -0.2) is 0 Å². The molecule has 1 aliphatic carbocycles. The van der Waals surface area contributed by atoms with Gasteiger partial charge in [-0.1, -0.05) is 54.4 Å². The highest BCUT2D eigenvalue weighted by Crippen LogP contribution is 2.33. The van der Waals surface area contributed by atoms with E-state index in [0.29, 0.717) is 18.2 Å². The quantitative estimate of drug-likeness (QED) is 0.524. The summed E-state index contributed by atoms with van der Waals surface area (Å²) in [7, 11) is 1.64. The minimum atomic E-state index is 0.175. The van der Waals surface area contributed by atoms with Crippen LogP contribution in [0.5, 0.6) is 5.75 Å². The van der Waals surface area contributed by atoms with Crippen LogP contribution in [0.25, 0.3) is 11.4 Å². The van der Waals surface area contributed by atoms with Crippen LogP contribution in [0.15, 0.2) is 53.1 Å². The van der Waals surface area contributed by atoms with Gasteiger partial charge in [0.05, 0.1) is 13.5 Å². The maximum Gasteiger partial charge on any atom is 0.230 e. The van der Waals surface area contributed by atoms with Gasteiger partial charge in [0.1, 0.15) is 5.75 Å². The number of amides is 1. The molecule has 0 atom stereocenters. The fourth-order valence-corrected chi connectivity index (χ4v) is 4.93. The van der Waals surface area contributed by atoms with E-state index in [9.17, 15) is 4.79 Å². The summed E-state index contributed by atoms with van der Waals surface area (Å²) in [6.07, 6.45) is 5.22. The topological polar surface area (TPSA) is 71.7 Å². The molecule has 3 aromatic rings. The zero-order valence-corrected chi connectivity index (χ0v) is 19.8. The van der Waals surface area contributed by atoms with Gasteiger partial charge >= 0.3 is 0 Å². The average molecular weight is 461 g/mol. The summed E-state index contributed by atoms with van der Waals surface area (Å²) < 4.78 is 10.8. The van der Waals surface area contributed by atoms with Crippen molar-refractivity contribution in [3.05, 3.63) is 65.5 Å². The molecule has 0 N–H and O–H groups in total. The monoisotopic (exact) mass is 460 g/mol. The smallest absolute Gasteiger partial charge is 0.230 e. The number of piperazine rings is 1. The molecule has 1 amide bonds. The van der Waals surface area contributed by atoms with Gasteiger partial charge in [0.15, 0.2) is 0 Å². The second-order valence-corrected chi connectivity index (χ2v) is 9.32. The number of rotatable bonds is 7. The van der Waals surface area contributed by atoms with E-state index in [2.05, 4.69) is 39.3 Å². The van der Waals surface area contributed by atoms with Gasteiger partial charge in [-0.05, 0) is 36.1 Å². The SMILES string of the molecule is COc1cccc(CC(=O)N2CCN(Cc3ccc(-c4noc(C5CCCC5)n4)cc3)CC2)c1. The first kappa shape index (κ1) is 22.6. The molecular weight excluding hydrogens is 428 g/mol. The molecule has 1 aliphatic heterocycles. The van der Waals surface area contributed by atoms with Gasteiger partial charge in [-0.15, -0.1) is 0 Å². The van der Waals surface area contributed by atoms with Crippen molar-refractivity contribution >= 4 is 5.91 Å². The lowest BCUT2D eigenvalue weighted by Gasteiger charge is -2.35.